The van der Waals surface area contributed by atoms with Gasteiger partial charge in [0.25, 0.3) is 0 Å². The van der Waals surface area contributed by atoms with E-state index in [2.05, 4.69) is 10.4 Å². The first kappa shape index (κ1) is 19.2. The number of fused-ring (bicyclic) bond motifs is 1. The molecule has 0 saturated carbocycles. The van der Waals surface area contributed by atoms with E-state index >= 15 is 0 Å². The molecule has 3 aromatic rings. The smallest absolute Gasteiger partial charge is 0.335 e. The number of aromatic carboxylic acids is 1. The summed E-state index contributed by atoms with van der Waals surface area (Å²) in [5, 5.41) is 16.2. The Morgan fingerprint density at radius 3 is 2.45 bits per heavy atom. The molecule has 6 nitrogen and oxygen atoms in total. The summed E-state index contributed by atoms with van der Waals surface area (Å²) in [6.07, 6.45) is 0. The Morgan fingerprint density at radius 1 is 1.17 bits per heavy atom. The van der Waals surface area contributed by atoms with E-state index in [4.69, 9.17) is 5.11 Å². The standard InChI is InChI=1S/C21H18FN3O3S/c1-11-17-18(13-3-5-14(6-4-13)21(27)28)29-12(2)20(26)23-19(17)25(24-11)16-9-7-15(22)8-10-16/h3-10,12,18H,1-2H3,(H,23,26)(H,27,28)/t12-,18-/m1/s1. The molecule has 0 unspecified atom stereocenters. The molecule has 2 heterocycles. The fourth-order valence-electron chi connectivity index (χ4n) is 3.34. The number of hydrogen-bond acceptors (Lipinski definition) is 4. The lowest BCUT2D eigenvalue weighted by atomic mass is 10.0. The van der Waals surface area contributed by atoms with E-state index in [1.54, 1.807) is 41.1 Å². The summed E-state index contributed by atoms with van der Waals surface area (Å²) in [7, 11) is 0. The van der Waals surface area contributed by atoms with E-state index in [9.17, 15) is 14.0 Å². The molecule has 4 rings (SSSR count). The number of hydrogen-bond donors (Lipinski definition) is 2. The van der Waals surface area contributed by atoms with Gasteiger partial charge in [0.15, 0.2) is 0 Å². The number of halogens is 1. The fourth-order valence-corrected chi connectivity index (χ4v) is 4.66. The molecule has 0 bridgehead atoms. The van der Waals surface area contributed by atoms with Crippen molar-refractivity contribution < 1.29 is 19.1 Å². The van der Waals surface area contributed by atoms with Gasteiger partial charge in [0, 0.05) is 5.56 Å². The Balaban J connectivity index is 1.86. The first-order chi connectivity index (χ1) is 13.8. The molecule has 0 fully saturated rings. The van der Waals surface area contributed by atoms with Crippen molar-refractivity contribution in [1.82, 2.24) is 9.78 Å². The van der Waals surface area contributed by atoms with Crippen LogP contribution in [-0.2, 0) is 4.79 Å². The number of benzene rings is 2. The molecule has 0 radical (unpaired) electrons. The number of aryl methyl sites for hydroxylation is 1. The Kier molecular flexibility index (Phi) is 4.87. The van der Waals surface area contributed by atoms with Crippen LogP contribution in [0.15, 0.2) is 48.5 Å². The lowest BCUT2D eigenvalue weighted by Gasteiger charge is -2.17. The van der Waals surface area contributed by atoms with Crippen molar-refractivity contribution in [2.75, 3.05) is 5.32 Å². The van der Waals surface area contributed by atoms with E-state index < -0.39 is 5.97 Å². The number of carbonyl (C=O) groups excluding carboxylic acids is 1. The van der Waals surface area contributed by atoms with Crippen molar-refractivity contribution in [3.8, 4) is 5.69 Å². The maximum absolute atomic E-state index is 13.4. The van der Waals surface area contributed by atoms with Crippen LogP contribution in [0.25, 0.3) is 5.69 Å². The molecule has 0 aliphatic carbocycles. The van der Waals surface area contributed by atoms with Crippen LogP contribution in [0.3, 0.4) is 0 Å². The van der Waals surface area contributed by atoms with Gasteiger partial charge >= 0.3 is 5.97 Å². The number of aromatic nitrogens is 2. The van der Waals surface area contributed by atoms with Gasteiger partial charge in [-0.1, -0.05) is 12.1 Å². The third-order valence-corrected chi connectivity index (χ3v) is 6.25. The summed E-state index contributed by atoms with van der Waals surface area (Å²) in [6.45, 7) is 3.69. The minimum absolute atomic E-state index is 0.149. The summed E-state index contributed by atoms with van der Waals surface area (Å²) in [5.41, 5.74) is 3.30. The predicted octanol–water partition coefficient (Wildman–Crippen LogP) is 4.18. The maximum Gasteiger partial charge on any atom is 0.335 e. The zero-order valence-corrected chi connectivity index (χ0v) is 16.5. The van der Waals surface area contributed by atoms with Crippen molar-refractivity contribution in [2.24, 2.45) is 0 Å². The molecular weight excluding hydrogens is 393 g/mol. The van der Waals surface area contributed by atoms with Gasteiger partial charge in [0.2, 0.25) is 5.91 Å². The van der Waals surface area contributed by atoms with E-state index in [1.807, 2.05) is 13.8 Å². The number of amides is 1. The van der Waals surface area contributed by atoms with Gasteiger partial charge in [-0.3, -0.25) is 4.79 Å². The van der Waals surface area contributed by atoms with Crippen LogP contribution in [0, 0.1) is 12.7 Å². The average Bonchev–Trinajstić information content (AvgIpc) is 2.94. The van der Waals surface area contributed by atoms with E-state index in [-0.39, 0.29) is 27.8 Å². The first-order valence-corrected chi connectivity index (χ1v) is 9.94. The Bertz CT molecular complexity index is 1090. The number of nitrogens with one attached hydrogen (secondary N) is 1. The third kappa shape index (κ3) is 3.51. The summed E-state index contributed by atoms with van der Waals surface area (Å²) >= 11 is 1.48. The average molecular weight is 411 g/mol. The highest BCUT2D eigenvalue weighted by atomic mass is 32.2. The van der Waals surface area contributed by atoms with Crippen LogP contribution >= 0.6 is 11.8 Å². The maximum atomic E-state index is 13.4. The van der Waals surface area contributed by atoms with Crippen LogP contribution in [0.2, 0.25) is 0 Å². The van der Waals surface area contributed by atoms with Gasteiger partial charge in [-0.05, 0) is 55.8 Å². The van der Waals surface area contributed by atoms with Crippen LogP contribution in [-0.4, -0.2) is 32.0 Å². The molecule has 2 aromatic carbocycles. The minimum atomic E-state index is -0.990. The fraction of sp³-hybridized carbons (Fsp3) is 0.190. The lowest BCUT2D eigenvalue weighted by molar-refractivity contribution is -0.115. The number of carboxylic acid groups (broad SMARTS) is 1. The molecule has 8 heteroatoms. The van der Waals surface area contributed by atoms with Gasteiger partial charge in [-0.15, -0.1) is 11.8 Å². The number of nitrogens with zero attached hydrogens (tertiary/aromatic N) is 2. The molecule has 1 amide bonds. The molecule has 148 valence electrons. The highest BCUT2D eigenvalue weighted by molar-refractivity contribution is 8.01. The zero-order chi connectivity index (χ0) is 20.7. The quantitative estimate of drug-likeness (QED) is 0.675. The molecule has 1 aromatic heterocycles. The topological polar surface area (TPSA) is 84.2 Å². The molecule has 1 aliphatic heterocycles. The van der Waals surface area contributed by atoms with Gasteiger partial charge in [-0.25, -0.2) is 13.9 Å². The van der Waals surface area contributed by atoms with Crippen molar-refractivity contribution in [3.63, 3.8) is 0 Å². The molecule has 1 aliphatic rings. The second-order valence-electron chi connectivity index (χ2n) is 6.81. The Morgan fingerprint density at radius 2 is 1.83 bits per heavy atom. The molecule has 2 atom stereocenters. The largest absolute Gasteiger partial charge is 0.478 e. The summed E-state index contributed by atoms with van der Waals surface area (Å²) in [4.78, 5) is 23.8. The number of carboxylic acids is 1. The normalized spacial score (nSPS) is 18.7. The van der Waals surface area contributed by atoms with Crippen LogP contribution in [0.4, 0.5) is 10.2 Å². The van der Waals surface area contributed by atoms with Gasteiger partial charge in [0.1, 0.15) is 11.6 Å². The number of thioether (sulfide) groups is 1. The van der Waals surface area contributed by atoms with E-state index in [0.29, 0.717) is 11.5 Å². The third-order valence-electron chi connectivity index (χ3n) is 4.85. The number of anilines is 1. The monoisotopic (exact) mass is 411 g/mol. The summed E-state index contributed by atoms with van der Waals surface area (Å²) in [6, 6.07) is 12.5. The first-order valence-electron chi connectivity index (χ1n) is 9.00. The van der Waals surface area contributed by atoms with Gasteiger partial charge in [0.05, 0.1) is 27.4 Å². The second kappa shape index (κ2) is 7.36. The minimum Gasteiger partial charge on any atom is -0.478 e. The van der Waals surface area contributed by atoms with Crippen molar-refractivity contribution in [1.29, 1.82) is 0 Å². The Hall–Kier alpha value is -3.13. The SMILES string of the molecule is Cc1nn(-c2ccc(F)cc2)c2c1[C@@H](c1ccc(C(=O)O)cc1)S[C@H](C)C(=O)N2. The summed E-state index contributed by atoms with van der Waals surface area (Å²) < 4.78 is 15.0. The molecule has 0 saturated heterocycles. The van der Waals surface area contributed by atoms with Crippen molar-refractivity contribution in [3.05, 3.63) is 76.7 Å². The number of rotatable bonds is 3. The van der Waals surface area contributed by atoms with Crippen molar-refractivity contribution in [2.45, 2.75) is 24.3 Å². The molecular formula is C21H18FN3O3S. The summed E-state index contributed by atoms with van der Waals surface area (Å²) in [5.74, 6) is -0.947. The second-order valence-corrected chi connectivity index (χ2v) is 8.26. The van der Waals surface area contributed by atoms with Gasteiger partial charge in [-0.2, -0.15) is 5.10 Å². The highest BCUT2D eigenvalue weighted by Crippen LogP contribution is 2.46. The molecule has 29 heavy (non-hydrogen) atoms. The van der Waals surface area contributed by atoms with Crippen LogP contribution in [0.5, 0.6) is 0 Å². The van der Waals surface area contributed by atoms with E-state index in [1.165, 1.54) is 23.9 Å². The molecule has 0 spiro atoms. The molecule has 2 N–H and O–H groups in total. The number of carbonyl (C=O) groups is 2. The zero-order valence-electron chi connectivity index (χ0n) is 15.7. The predicted molar refractivity (Wildman–Crippen MR) is 109 cm³/mol. The Labute approximate surface area is 170 Å². The van der Waals surface area contributed by atoms with Crippen molar-refractivity contribution >= 4 is 29.5 Å². The lowest BCUT2D eigenvalue weighted by Crippen LogP contribution is -2.22. The van der Waals surface area contributed by atoms with E-state index in [0.717, 1.165) is 16.8 Å². The van der Waals surface area contributed by atoms with Gasteiger partial charge < -0.3 is 10.4 Å². The highest BCUT2D eigenvalue weighted by Gasteiger charge is 2.34. The van der Waals surface area contributed by atoms with Crippen LogP contribution in [0.1, 0.15) is 39.4 Å². The van der Waals surface area contributed by atoms with Crippen LogP contribution < -0.4 is 5.32 Å².